The summed E-state index contributed by atoms with van der Waals surface area (Å²) < 4.78 is 0. The molecule has 6 rings (SSSR count). The number of hydrogen-bond acceptors (Lipinski definition) is 8. The van der Waals surface area contributed by atoms with Gasteiger partial charge in [-0.05, 0) is 116 Å². The molecule has 1 heterocycles. The van der Waals surface area contributed by atoms with Crippen molar-refractivity contribution in [3.8, 4) is 11.1 Å². The highest BCUT2D eigenvalue weighted by atomic mass is 32.1. The Balaban J connectivity index is 0.000000535. The molecule has 0 aromatic heterocycles. The van der Waals surface area contributed by atoms with E-state index in [0.717, 1.165) is 58.4 Å². The normalized spacial score (nSPS) is 17.3. The van der Waals surface area contributed by atoms with E-state index in [0.29, 0.717) is 37.0 Å². The van der Waals surface area contributed by atoms with E-state index in [4.69, 9.17) is 16.3 Å². The molecule has 0 radical (unpaired) electrons. The van der Waals surface area contributed by atoms with Gasteiger partial charge in [0.05, 0.1) is 0 Å². The molecule has 50 heavy (non-hydrogen) atoms. The van der Waals surface area contributed by atoms with Gasteiger partial charge < -0.3 is 26.9 Å². The van der Waals surface area contributed by atoms with Crippen molar-refractivity contribution in [1.29, 1.82) is 0 Å². The molecule has 1 aliphatic heterocycles. The number of thiol groups is 1. The number of amidine groups is 1. The maximum absolute atomic E-state index is 13.7. The Kier molecular flexibility index (Phi) is 12.9. The number of amides is 2. The van der Waals surface area contributed by atoms with E-state index in [9.17, 15) is 9.59 Å². The highest BCUT2D eigenvalue weighted by Gasteiger charge is 2.29. The van der Waals surface area contributed by atoms with Gasteiger partial charge in [0, 0.05) is 35.0 Å². The summed E-state index contributed by atoms with van der Waals surface area (Å²) in [4.78, 5) is 37.2. The number of anilines is 1. The third-order valence-corrected chi connectivity index (χ3v) is 9.37. The molecule has 1 aliphatic carbocycles. The summed E-state index contributed by atoms with van der Waals surface area (Å²) in [5.41, 5.74) is 20.7. The van der Waals surface area contributed by atoms with Crippen LogP contribution in [-0.2, 0) is 27.4 Å². The monoisotopic (exact) mass is 690 g/mol. The predicted octanol–water partition coefficient (Wildman–Crippen LogP) is 6.28. The minimum absolute atomic E-state index is 0.0821. The fourth-order valence-electron chi connectivity index (χ4n) is 6.14. The number of nitrogens with zero attached hydrogens (tertiary/aromatic N) is 1. The van der Waals surface area contributed by atoms with Crippen LogP contribution in [0, 0.1) is 18.8 Å². The molecular formula is C40H46N6O3S. The van der Waals surface area contributed by atoms with Gasteiger partial charge in [-0.25, -0.2) is 5.48 Å². The largest absolute Gasteiger partial charge is 0.361 e. The molecule has 0 spiro atoms. The number of aliphatic imine (C=N–C) groups is 1. The molecule has 9 nitrogen and oxygen atoms in total. The van der Waals surface area contributed by atoms with Crippen molar-refractivity contribution in [2.24, 2.45) is 28.3 Å². The van der Waals surface area contributed by atoms with Crippen molar-refractivity contribution >= 4 is 36.0 Å². The summed E-state index contributed by atoms with van der Waals surface area (Å²) in [7, 11) is 0. The van der Waals surface area contributed by atoms with Crippen LogP contribution < -0.4 is 27.6 Å². The smallest absolute Gasteiger partial charge is 0.247 e. The van der Waals surface area contributed by atoms with Crippen molar-refractivity contribution in [3.63, 3.8) is 0 Å². The number of nitrogens with two attached hydrogens (primary N) is 2. The average Bonchev–Trinajstić information content (AvgIpc) is 3.59. The van der Waals surface area contributed by atoms with Crippen LogP contribution in [0.4, 0.5) is 5.69 Å². The van der Waals surface area contributed by atoms with E-state index in [1.807, 2.05) is 78.9 Å². The zero-order chi connectivity index (χ0) is 35.5. The number of hydroxylamine groups is 1. The molecule has 0 saturated heterocycles. The van der Waals surface area contributed by atoms with Crippen LogP contribution in [0.15, 0.2) is 119 Å². The second kappa shape index (κ2) is 17.7. The SMILES string of the molecule is C=C1N=C(c2ccc(NC(=O)[C@H](Cc3cccc(-c4cc(S)ccc4C)c3)NC(=O)C3CCC(CN)CC3)cc2)NO1.NCc1ccccc1. The van der Waals surface area contributed by atoms with Crippen molar-refractivity contribution in [2.45, 2.75) is 56.5 Å². The molecule has 4 aromatic rings. The van der Waals surface area contributed by atoms with E-state index in [-0.39, 0.29) is 23.6 Å². The number of benzene rings is 4. The molecule has 1 atom stereocenters. The standard InChI is InChI=1S/C33H37N5O3S.C7H9N/c1-20-6-15-28(42)18-29(20)26-5-3-4-23(16-26)17-30(37-32(39)25-9-7-22(19-34)8-10-25)33(40)36-27-13-11-24(12-14-27)31-35-21(2)41-38-31;8-6-7-4-2-1-3-5-7/h3-6,11-16,18,22,25,30,42H,2,7-10,17,19,34H2,1H3,(H,35,38)(H,36,40)(H,37,39);1-5H,6,8H2/t22?,25?,30-;/m0./s1. The summed E-state index contributed by atoms with van der Waals surface area (Å²) in [6, 6.07) is 30.6. The molecule has 0 unspecified atom stereocenters. The lowest BCUT2D eigenvalue weighted by molar-refractivity contribution is -0.130. The second-order valence-electron chi connectivity index (χ2n) is 12.7. The number of rotatable bonds is 10. The lowest BCUT2D eigenvalue weighted by Crippen LogP contribution is -2.48. The zero-order valence-corrected chi connectivity index (χ0v) is 29.3. The fourth-order valence-corrected chi connectivity index (χ4v) is 6.34. The molecule has 1 fully saturated rings. The minimum atomic E-state index is -0.755. The van der Waals surface area contributed by atoms with Crippen molar-refractivity contribution < 1.29 is 14.4 Å². The maximum atomic E-state index is 13.7. The van der Waals surface area contributed by atoms with Crippen molar-refractivity contribution in [1.82, 2.24) is 10.8 Å². The highest BCUT2D eigenvalue weighted by Crippen LogP contribution is 2.29. The Bertz CT molecular complexity index is 1800. The van der Waals surface area contributed by atoms with Gasteiger partial charge in [-0.3, -0.25) is 9.59 Å². The van der Waals surface area contributed by atoms with Crippen molar-refractivity contribution in [3.05, 3.63) is 132 Å². The predicted molar refractivity (Wildman–Crippen MR) is 203 cm³/mol. The topological polar surface area (TPSA) is 144 Å². The average molecular weight is 691 g/mol. The van der Waals surface area contributed by atoms with Gasteiger partial charge in [-0.1, -0.05) is 60.7 Å². The van der Waals surface area contributed by atoms with E-state index < -0.39 is 6.04 Å². The van der Waals surface area contributed by atoms with Gasteiger partial charge in [0.25, 0.3) is 0 Å². The number of aryl methyl sites for hydroxylation is 1. The zero-order valence-electron chi connectivity index (χ0n) is 28.4. The Labute approximate surface area is 300 Å². The Hall–Kier alpha value is -4.90. The van der Waals surface area contributed by atoms with Crippen LogP contribution >= 0.6 is 12.6 Å². The van der Waals surface area contributed by atoms with Crippen molar-refractivity contribution in [2.75, 3.05) is 11.9 Å². The van der Waals surface area contributed by atoms with Crippen LogP contribution in [0.25, 0.3) is 11.1 Å². The van der Waals surface area contributed by atoms with Crippen LogP contribution in [0.5, 0.6) is 0 Å². The summed E-state index contributed by atoms with van der Waals surface area (Å²) in [6.45, 7) is 7.02. The Morgan fingerprint density at radius 1 is 0.920 bits per heavy atom. The molecule has 0 bridgehead atoms. The molecular weight excluding hydrogens is 645 g/mol. The Morgan fingerprint density at radius 3 is 2.28 bits per heavy atom. The van der Waals surface area contributed by atoms with E-state index in [2.05, 4.69) is 53.3 Å². The molecule has 10 heteroatoms. The van der Waals surface area contributed by atoms with E-state index >= 15 is 0 Å². The summed E-state index contributed by atoms with van der Waals surface area (Å²) in [6.07, 6.45) is 3.78. The second-order valence-corrected chi connectivity index (χ2v) is 13.2. The fraction of sp³-hybridized carbons (Fsp3) is 0.275. The Morgan fingerprint density at radius 2 is 1.64 bits per heavy atom. The maximum Gasteiger partial charge on any atom is 0.247 e. The summed E-state index contributed by atoms with van der Waals surface area (Å²) in [5.74, 6) is 0.820. The van der Waals surface area contributed by atoms with Crippen LogP contribution in [0.3, 0.4) is 0 Å². The lowest BCUT2D eigenvalue weighted by atomic mass is 9.81. The minimum Gasteiger partial charge on any atom is -0.361 e. The molecule has 260 valence electrons. The molecule has 2 amide bonds. The van der Waals surface area contributed by atoms with Gasteiger partial charge in [-0.2, -0.15) is 4.99 Å². The molecule has 4 aromatic carbocycles. The van der Waals surface area contributed by atoms with E-state index in [1.54, 1.807) is 12.1 Å². The van der Waals surface area contributed by atoms with Gasteiger partial charge in [0.2, 0.25) is 17.7 Å². The molecule has 7 N–H and O–H groups in total. The third-order valence-electron chi connectivity index (χ3n) is 9.09. The van der Waals surface area contributed by atoms with Gasteiger partial charge in [0.1, 0.15) is 6.04 Å². The molecule has 2 aliphatic rings. The van der Waals surface area contributed by atoms with Crippen LogP contribution in [-0.4, -0.2) is 30.2 Å². The van der Waals surface area contributed by atoms with Crippen LogP contribution in [0.1, 0.15) is 47.9 Å². The van der Waals surface area contributed by atoms with E-state index in [1.165, 1.54) is 5.56 Å². The summed E-state index contributed by atoms with van der Waals surface area (Å²) in [5, 5.41) is 6.07. The first-order valence-electron chi connectivity index (χ1n) is 17.0. The quantitative estimate of drug-likeness (QED) is 0.108. The number of nitrogens with one attached hydrogen (secondary N) is 3. The van der Waals surface area contributed by atoms with Crippen LogP contribution in [0.2, 0.25) is 0 Å². The summed E-state index contributed by atoms with van der Waals surface area (Å²) >= 11 is 4.51. The third kappa shape index (κ3) is 10.1. The first kappa shape index (κ1) is 36.4. The van der Waals surface area contributed by atoms with Gasteiger partial charge in [0.15, 0.2) is 5.84 Å². The first-order chi connectivity index (χ1) is 24.2. The van der Waals surface area contributed by atoms with Gasteiger partial charge >= 0.3 is 0 Å². The lowest BCUT2D eigenvalue weighted by Gasteiger charge is -2.28. The highest BCUT2D eigenvalue weighted by molar-refractivity contribution is 7.80. The number of carbonyl (C=O) groups excluding carboxylic acids is 2. The first-order valence-corrected chi connectivity index (χ1v) is 17.4. The molecule has 1 saturated carbocycles. The van der Waals surface area contributed by atoms with Gasteiger partial charge in [-0.15, -0.1) is 12.6 Å². The number of carbonyl (C=O) groups is 2. The number of hydrogen-bond donors (Lipinski definition) is 6.